The predicted molar refractivity (Wildman–Crippen MR) is 126 cm³/mol. The van der Waals surface area contributed by atoms with E-state index in [-0.39, 0.29) is 24.4 Å². The maximum atomic E-state index is 13.9. The third-order valence-electron chi connectivity index (χ3n) is 5.74. The lowest BCUT2D eigenvalue weighted by Gasteiger charge is -2.29. The van der Waals surface area contributed by atoms with Crippen molar-refractivity contribution < 1.29 is 18.7 Å². The highest BCUT2D eigenvalue weighted by Crippen LogP contribution is 2.38. The highest BCUT2D eigenvalue weighted by atomic mass is 35.5. The van der Waals surface area contributed by atoms with Gasteiger partial charge in [-0.15, -0.1) is 0 Å². The van der Waals surface area contributed by atoms with E-state index in [1.54, 1.807) is 41.3 Å². The van der Waals surface area contributed by atoms with Gasteiger partial charge in [0.2, 0.25) is 0 Å². The summed E-state index contributed by atoms with van der Waals surface area (Å²) in [5.41, 5.74) is 1.47. The van der Waals surface area contributed by atoms with E-state index in [4.69, 9.17) is 33.3 Å². The van der Waals surface area contributed by atoms with E-state index in [2.05, 4.69) is 5.32 Å². The van der Waals surface area contributed by atoms with E-state index in [1.165, 1.54) is 19.6 Å². The van der Waals surface area contributed by atoms with Crippen LogP contribution < -0.4 is 14.8 Å². The van der Waals surface area contributed by atoms with Gasteiger partial charge in [-0.25, -0.2) is 4.39 Å². The first kappa shape index (κ1) is 22.6. The average molecular weight is 475 g/mol. The van der Waals surface area contributed by atoms with Gasteiger partial charge in [-0.05, 0) is 54.9 Å². The Morgan fingerprint density at radius 3 is 2.72 bits per heavy atom. The first-order chi connectivity index (χ1) is 15.5. The topological polar surface area (TPSA) is 50.8 Å². The molecule has 1 saturated heterocycles. The summed E-state index contributed by atoms with van der Waals surface area (Å²) in [6.07, 6.45) is 7.05. The molecule has 0 radical (unpaired) electrons. The van der Waals surface area contributed by atoms with Crippen LogP contribution in [0.3, 0.4) is 0 Å². The number of carbonyl (C=O) groups is 1. The quantitative estimate of drug-likeness (QED) is 0.445. The molecule has 0 bridgehead atoms. The molecular formula is C24H24ClFN2O3S. The molecule has 5 nitrogen and oxygen atoms in total. The Morgan fingerprint density at radius 2 is 2.00 bits per heavy atom. The molecule has 1 aliphatic heterocycles. The summed E-state index contributed by atoms with van der Waals surface area (Å²) < 4.78 is 25.1. The molecule has 2 fully saturated rings. The van der Waals surface area contributed by atoms with Crippen molar-refractivity contribution in [2.75, 3.05) is 7.11 Å². The van der Waals surface area contributed by atoms with Crippen molar-refractivity contribution in [3.05, 3.63) is 64.1 Å². The van der Waals surface area contributed by atoms with E-state index in [0.29, 0.717) is 38.5 Å². The lowest BCUT2D eigenvalue weighted by Crippen LogP contribution is -2.41. The summed E-state index contributed by atoms with van der Waals surface area (Å²) in [5, 5.41) is 3.77. The molecule has 1 amide bonds. The number of methoxy groups -OCH3 is 1. The maximum Gasteiger partial charge on any atom is 0.276 e. The zero-order valence-corrected chi connectivity index (χ0v) is 19.3. The Morgan fingerprint density at radius 1 is 1.25 bits per heavy atom. The van der Waals surface area contributed by atoms with Crippen molar-refractivity contribution in [1.82, 2.24) is 10.2 Å². The van der Waals surface area contributed by atoms with Gasteiger partial charge in [0.15, 0.2) is 16.6 Å². The lowest BCUT2D eigenvalue weighted by atomic mass is 9.94. The first-order valence-electron chi connectivity index (χ1n) is 10.6. The van der Waals surface area contributed by atoms with Crippen LogP contribution in [0.5, 0.6) is 11.5 Å². The molecule has 1 heterocycles. The van der Waals surface area contributed by atoms with Crippen LogP contribution in [0.15, 0.2) is 42.1 Å². The normalized spacial score (nSPS) is 18.2. The molecule has 4 rings (SSSR count). The minimum Gasteiger partial charge on any atom is -0.493 e. The van der Waals surface area contributed by atoms with E-state index >= 15 is 0 Å². The molecule has 2 aromatic carbocycles. The molecule has 0 atom stereocenters. The molecule has 0 spiro atoms. The molecule has 32 heavy (non-hydrogen) atoms. The summed E-state index contributed by atoms with van der Waals surface area (Å²) >= 11 is 11.9. The molecule has 2 aliphatic rings. The smallest absolute Gasteiger partial charge is 0.276 e. The Balaban J connectivity index is 1.55. The second-order valence-corrected chi connectivity index (χ2v) is 8.66. The number of nitrogens with zero attached hydrogens (tertiary/aromatic N) is 1. The lowest BCUT2D eigenvalue weighted by molar-refractivity contribution is -0.124. The fourth-order valence-electron chi connectivity index (χ4n) is 4.11. The van der Waals surface area contributed by atoms with Crippen molar-refractivity contribution in [3.63, 3.8) is 0 Å². The number of carbonyl (C=O) groups excluding carboxylic acids is 1. The van der Waals surface area contributed by atoms with Crippen molar-refractivity contribution in [2.45, 2.75) is 44.8 Å². The van der Waals surface area contributed by atoms with Crippen molar-refractivity contribution in [3.8, 4) is 11.5 Å². The van der Waals surface area contributed by atoms with Gasteiger partial charge in [0, 0.05) is 11.6 Å². The second kappa shape index (κ2) is 9.88. The Labute approximate surface area is 197 Å². The van der Waals surface area contributed by atoms with E-state index in [9.17, 15) is 9.18 Å². The zero-order valence-electron chi connectivity index (χ0n) is 17.7. The summed E-state index contributed by atoms with van der Waals surface area (Å²) in [4.78, 5) is 14.7. The molecule has 1 saturated carbocycles. The number of rotatable bonds is 6. The first-order valence-corrected chi connectivity index (χ1v) is 11.4. The summed E-state index contributed by atoms with van der Waals surface area (Å²) in [6, 6.07) is 9.92. The van der Waals surface area contributed by atoms with Crippen LogP contribution in [0.25, 0.3) is 6.08 Å². The van der Waals surface area contributed by atoms with Gasteiger partial charge in [-0.3, -0.25) is 9.69 Å². The number of hydrogen-bond acceptors (Lipinski definition) is 4. The summed E-state index contributed by atoms with van der Waals surface area (Å²) in [7, 11) is 1.50. The number of ether oxygens (including phenoxy) is 2. The molecular weight excluding hydrogens is 451 g/mol. The van der Waals surface area contributed by atoms with Gasteiger partial charge in [0.1, 0.15) is 18.1 Å². The van der Waals surface area contributed by atoms with Crippen molar-refractivity contribution >= 4 is 40.9 Å². The molecule has 1 N–H and O–H groups in total. The number of thiocarbonyl (C=S) groups is 1. The van der Waals surface area contributed by atoms with Crippen LogP contribution in [0.4, 0.5) is 4.39 Å². The highest BCUT2D eigenvalue weighted by Gasteiger charge is 2.36. The molecule has 0 unspecified atom stereocenters. The number of nitrogens with one attached hydrogen (secondary N) is 1. The molecule has 8 heteroatoms. The molecule has 2 aromatic rings. The van der Waals surface area contributed by atoms with Gasteiger partial charge in [0.05, 0.1) is 12.1 Å². The van der Waals surface area contributed by atoms with E-state index in [0.717, 1.165) is 25.7 Å². The molecule has 0 aromatic heterocycles. The van der Waals surface area contributed by atoms with E-state index in [1.807, 2.05) is 0 Å². The van der Waals surface area contributed by atoms with Crippen LogP contribution in [-0.2, 0) is 11.4 Å². The Hall–Kier alpha value is -2.64. The zero-order chi connectivity index (χ0) is 22.7. The van der Waals surface area contributed by atoms with E-state index < -0.39 is 0 Å². The number of halogens is 2. The fourth-order valence-corrected chi connectivity index (χ4v) is 4.73. The number of amides is 1. The summed E-state index contributed by atoms with van der Waals surface area (Å²) in [6.45, 7) is 0.00779. The minimum atomic E-state index is -0.353. The van der Waals surface area contributed by atoms with Crippen LogP contribution in [-0.4, -0.2) is 29.1 Å². The third kappa shape index (κ3) is 4.74. The van der Waals surface area contributed by atoms with Gasteiger partial charge in [0.25, 0.3) is 5.91 Å². The predicted octanol–water partition coefficient (Wildman–Crippen LogP) is 5.46. The van der Waals surface area contributed by atoms with Gasteiger partial charge < -0.3 is 14.8 Å². The highest BCUT2D eigenvalue weighted by molar-refractivity contribution is 7.80. The fraction of sp³-hybridized carbons (Fsp3) is 0.333. The van der Waals surface area contributed by atoms with Crippen molar-refractivity contribution in [2.24, 2.45) is 0 Å². The van der Waals surface area contributed by atoms with Crippen LogP contribution >= 0.6 is 23.8 Å². The number of hydrogen-bond donors (Lipinski definition) is 1. The van der Waals surface area contributed by atoms with Gasteiger partial charge in [-0.2, -0.15) is 0 Å². The van der Waals surface area contributed by atoms with Crippen molar-refractivity contribution in [1.29, 1.82) is 0 Å². The Kier molecular flexibility index (Phi) is 6.96. The number of benzene rings is 2. The average Bonchev–Trinajstić information content (AvgIpc) is 3.07. The third-order valence-corrected chi connectivity index (χ3v) is 6.32. The largest absolute Gasteiger partial charge is 0.493 e. The van der Waals surface area contributed by atoms with Gasteiger partial charge >= 0.3 is 0 Å². The standard InChI is InChI=1S/C24H24ClFN2O3S/c1-30-21-13-15(11-18(25)22(21)31-14-16-7-5-6-10-19(16)26)12-20-23(29)28(24(32)27-20)17-8-3-2-4-9-17/h5-7,10-13,17H,2-4,8-9,14H2,1H3,(H,27,32)/b20-12-. The van der Waals surface area contributed by atoms with Crippen LogP contribution in [0.1, 0.15) is 43.2 Å². The molecule has 1 aliphatic carbocycles. The minimum absolute atomic E-state index is 0.00779. The van der Waals surface area contributed by atoms with Crippen LogP contribution in [0.2, 0.25) is 5.02 Å². The Bertz CT molecular complexity index is 1070. The second-order valence-electron chi connectivity index (χ2n) is 7.87. The monoisotopic (exact) mass is 474 g/mol. The van der Waals surface area contributed by atoms with Crippen LogP contribution in [0, 0.1) is 5.82 Å². The summed E-state index contributed by atoms with van der Waals surface area (Å²) in [5.74, 6) is 0.215. The maximum absolute atomic E-state index is 13.9. The SMILES string of the molecule is COc1cc(/C=C2\NC(=S)N(C3CCCCC3)C2=O)cc(Cl)c1OCc1ccccc1F. The van der Waals surface area contributed by atoms with Gasteiger partial charge in [-0.1, -0.05) is 49.1 Å². The molecule has 168 valence electrons.